The molecule has 0 fully saturated rings. The summed E-state index contributed by atoms with van der Waals surface area (Å²) in [6, 6.07) is 10.6. The molecule has 0 bridgehead atoms. The summed E-state index contributed by atoms with van der Waals surface area (Å²) in [7, 11) is 0. The molecular weight excluding hydrogens is 248 g/mol. The van der Waals surface area contributed by atoms with Gasteiger partial charge in [-0.05, 0) is 25.8 Å². The van der Waals surface area contributed by atoms with Gasteiger partial charge in [0.05, 0.1) is 11.7 Å². The molecule has 0 aliphatic heterocycles. The van der Waals surface area contributed by atoms with E-state index in [4.69, 9.17) is 5.73 Å². The highest BCUT2D eigenvalue weighted by atomic mass is 15.3. The molecule has 0 amide bonds. The van der Waals surface area contributed by atoms with Crippen molar-refractivity contribution in [2.24, 2.45) is 0 Å². The van der Waals surface area contributed by atoms with Gasteiger partial charge in [-0.25, -0.2) is 4.68 Å². The Labute approximate surface area is 119 Å². The SMILES string of the molecule is CC[C@H](C)n1nc(Cc2ccc(C)cc2)c(C#N)c1N. The van der Waals surface area contributed by atoms with Crippen molar-refractivity contribution in [3.8, 4) is 6.07 Å². The number of hydrogen-bond donors (Lipinski definition) is 1. The van der Waals surface area contributed by atoms with Gasteiger partial charge in [0.25, 0.3) is 0 Å². The highest BCUT2D eigenvalue weighted by Crippen LogP contribution is 2.23. The summed E-state index contributed by atoms with van der Waals surface area (Å²) in [5, 5.41) is 13.8. The topological polar surface area (TPSA) is 67.6 Å². The first-order chi connectivity index (χ1) is 9.56. The van der Waals surface area contributed by atoms with Crippen LogP contribution in [0.5, 0.6) is 0 Å². The van der Waals surface area contributed by atoms with Crippen molar-refractivity contribution in [2.45, 2.75) is 39.7 Å². The Morgan fingerprint density at radius 2 is 2.00 bits per heavy atom. The van der Waals surface area contributed by atoms with E-state index in [-0.39, 0.29) is 6.04 Å². The van der Waals surface area contributed by atoms with Crippen molar-refractivity contribution in [3.63, 3.8) is 0 Å². The maximum absolute atomic E-state index is 9.31. The fourth-order valence-corrected chi connectivity index (χ4v) is 2.15. The minimum atomic E-state index is 0.203. The van der Waals surface area contributed by atoms with E-state index in [1.165, 1.54) is 5.56 Å². The zero-order chi connectivity index (χ0) is 14.7. The summed E-state index contributed by atoms with van der Waals surface area (Å²) in [6.45, 7) is 6.19. The quantitative estimate of drug-likeness (QED) is 0.925. The van der Waals surface area contributed by atoms with Crippen LogP contribution < -0.4 is 5.73 Å². The molecule has 0 unspecified atom stereocenters. The highest BCUT2D eigenvalue weighted by molar-refractivity contribution is 5.53. The van der Waals surface area contributed by atoms with E-state index in [9.17, 15) is 5.26 Å². The predicted octanol–water partition coefficient (Wildman–Crippen LogP) is 3.21. The minimum absolute atomic E-state index is 0.203. The van der Waals surface area contributed by atoms with Crippen molar-refractivity contribution in [2.75, 3.05) is 5.73 Å². The standard InChI is InChI=1S/C16H20N4/c1-4-12(3)20-16(18)14(10-17)15(19-20)9-13-7-5-11(2)6-8-13/h5-8,12H,4,9,18H2,1-3H3/t12-/m0/s1. The Morgan fingerprint density at radius 3 is 2.55 bits per heavy atom. The van der Waals surface area contributed by atoms with E-state index in [2.05, 4.69) is 56.2 Å². The van der Waals surface area contributed by atoms with Crippen LogP contribution in [0.25, 0.3) is 0 Å². The second-order valence-electron chi connectivity index (χ2n) is 5.18. The van der Waals surface area contributed by atoms with Gasteiger partial charge in [0.15, 0.2) is 0 Å². The van der Waals surface area contributed by atoms with Crippen LogP contribution >= 0.6 is 0 Å². The molecule has 20 heavy (non-hydrogen) atoms. The first-order valence-corrected chi connectivity index (χ1v) is 6.89. The van der Waals surface area contributed by atoms with Crippen LogP contribution in [0.4, 0.5) is 5.82 Å². The molecule has 4 nitrogen and oxygen atoms in total. The summed E-state index contributed by atoms with van der Waals surface area (Å²) in [5.41, 5.74) is 9.67. The largest absolute Gasteiger partial charge is 0.383 e. The van der Waals surface area contributed by atoms with Crippen molar-refractivity contribution in [1.82, 2.24) is 9.78 Å². The monoisotopic (exact) mass is 268 g/mol. The van der Waals surface area contributed by atoms with Gasteiger partial charge in [0.2, 0.25) is 0 Å². The minimum Gasteiger partial charge on any atom is -0.383 e. The number of aryl methyl sites for hydroxylation is 1. The number of nitrogen functional groups attached to an aromatic ring is 1. The fourth-order valence-electron chi connectivity index (χ4n) is 2.15. The predicted molar refractivity (Wildman–Crippen MR) is 80.3 cm³/mol. The van der Waals surface area contributed by atoms with Crippen LogP contribution in [0.3, 0.4) is 0 Å². The molecular formula is C16H20N4. The number of nitrogens with zero attached hydrogens (tertiary/aromatic N) is 3. The van der Waals surface area contributed by atoms with Crippen molar-refractivity contribution in [3.05, 3.63) is 46.6 Å². The molecule has 0 spiro atoms. The second kappa shape index (κ2) is 5.79. The zero-order valence-corrected chi connectivity index (χ0v) is 12.2. The van der Waals surface area contributed by atoms with Gasteiger partial charge in [0, 0.05) is 6.42 Å². The van der Waals surface area contributed by atoms with Crippen LogP contribution in [0.1, 0.15) is 48.7 Å². The van der Waals surface area contributed by atoms with E-state index in [1.807, 2.05) is 0 Å². The molecule has 0 saturated carbocycles. The number of nitriles is 1. The lowest BCUT2D eigenvalue weighted by atomic mass is 10.1. The highest BCUT2D eigenvalue weighted by Gasteiger charge is 2.18. The first kappa shape index (κ1) is 14.1. The molecule has 1 heterocycles. The van der Waals surface area contributed by atoms with Crippen molar-refractivity contribution in [1.29, 1.82) is 5.26 Å². The van der Waals surface area contributed by atoms with Crippen LogP contribution in [0.15, 0.2) is 24.3 Å². The summed E-state index contributed by atoms with van der Waals surface area (Å²) >= 11 is 0. The number of aromatic nitrogens is 2. The van der Waals surface area contributed by atoms with E-state index < -0.39 is 0 Å². The van der Waals surface area contributed by atoms with Gasteiger partial charge in [-0.2, -0.15) is 10.4 Å². The summed E-state index contributed by atoms with van der Waals surface area (Å²) < 4.78 is 1.77. The van der Waals surface area contributed by atoms with Gasteiger partial charge in [-0.1, -0.05) is 36.8 Å². The molecule has 2 aromatic rings. The lowest BCUT2D eigenvalue weighted by Crippen LogP contribution is -2.09. The van der Waals surface area contributed by atoms with E-state index in [0.29, 0.717) is 17.8 Å². The number of nitrogens with two attached hydrogens (primary N) is 1. The van der Waals surface area contributed by atoms with Gasteiger partial charge >= 0.3 is 0 Å². The Balaban J connectivity index is 2.36. The molecule has 4 heteroatoms. The number of benzene rings is 1. The zero-order valence-electron chi connectivity index (χ0n) is 12.2. The summed E-state index contributed by atoms with van der Waals surface area (Å²) in [5.74, 6) is 0.476. The molecule has 2 rings (SSSR count). The molecule has 1 atom stereocenters. The molecule has 1 aromatic heterocycles. The maximum Gasteiger partial charge on any atom is 0.140 e. The smallest absolute Gasteiger partial charge is 0.140 e. The maximum atomic E-state index is 9.31. The third-order valence-corrected chi connectivity index (χ3v) is 3.63. The average molecular weight is 268 g/mol. The summed E-state index contributed by atoms with van der Waals surface area (Å²) in [4.78, 5) is 0. The molecule has 1 aromatic carbocycles. The number of hydrogen-bond acceptors (Lipinski definition) is 3. The molecule has 0 aliphatic rings. The van der Waals surface area contributed by atoms with Crippen LogP contribution in [0.2, 0.25) is 0 Å². The third kappa shape index (κ3) is 2.67. The van der Waals surface area contributed by atoms with Gasteiger partial charge in [0.1, 0.15) is 17.5 Å². The Hall–Kier alpha value is -2.28. The molecule has 0 aliphatic carbocycles. The van der Waals surface area contributed by atoms with Crippen LogP contribution in [-0.4, -0.2) is 9.78 Å². The molecule has 2 N–H and O–H groups in total. The fraction of sp³-hybridized carbons (Fsp3) is 0.375. The molecule has 104 valence electrons. The normalized spacial score (nSPS) is 12.1. The van der Waals surface area contributed by atoms with Gasteiger partial charge in [-0.15, -0.1) is 0 Å². The van der Waals surface area contributed by atoms with Gasteiger partial charge in [-0.3, -0.25) is 0 Å². The lowest BCUT2D eigenvalue weighted by Gasteiger charge is -2.10. The van der Waals surface area contributed by atoms with Crippen LogP contribution in [0, 0.1) is 18.3 Å². The Morgan fingerprint density at radius 1 is 1.35 bits per heavy atom. The second-order valence-corrected chi connectivity index (χ2v) is 5.18. The Bertz CT molecular complexity index is 632. The average Bonchev–Trinajstić information content (AvgIpc) is 2.76. The Kier molecular flexibility index (Phi) is 4.09. The van der Waals surface area contributed by atoms with E-state index in [0.717, 1.165) is 17.7 Å². The third-order valence-electron chi connectivity index (χ3n) is 3.63. The van der Waals surface area contributed by atoms with Gasteiger partial charge < -0.3 is 5.73 Å². The molecule has 0 radical (unpaired) electrons. The van der Waals surface area contributed by atoms with E-state index in [1.54, 1.807) is 4.68 Å². The van der Waals surface area contributed by atoms with Crippen LogP contribution in [-0.2, 0) is 6.42 Å². The lowest BCUT2D eigenvalue weighted by molar-refractivity contribution is 0.481. The van der Waals surface area contributed by atoms with Crippen molar-refractivity contribution >= 4 is 5.82 Å². The molecule has 0 saturated heterocycles. The van der Waals surface area contributed by atoms with Crippen molar-refractivity contribution < 1.29 is 0 Å². The van der Waals surface area contributed by atoms with E-state index >= 15 is 0 Å². The first-order valence-electron chi connectivity index (χ1n) is 6.89. The number of anilines is 1. The summed E-state index contributed by atoms with van der Waals surface area (Å²) in [6.07, 6.45) is 1.57. The number of rotatable bonds is 4.